The van der Waals surface area contributed by atoms with E-state index in [0.29, 0.717) is 12.1 Å². The molecule has 4 heteroatoms. The van der Waals surface area contributed by atoms with Crippen molar-refractivity contribution in [2.24, 2.45) is 0 Å². The van der Waals surface area contributed by atoms with Crippen molar-refractivity contribution >= 4 is 23.3 Å². The smallest absolute Gasteiger partial charge is 0.246 e. The molecule has 1 aromatic rings. The topological polar surface area (TPSA) is 32.3 Å². The lowest BCUT2D eigenvalue weighted by Gasteiger charge is -2.28. The Labute approximate surface area is 118 Å². The van der Waals surface area contributed by atoms with Crippen LogP contribution in [0.25, 0.3) is 6.08 Å². The molecule has 0 radical (unpaired) electrons. The summed E-state index contributed by atoms with van der Waals surface area (Å²) in [4.78, 5) is 15.5. The number of nitrogens with zero attached hydrogens (tertiary/aromatic N) is 1. The standard InChI is InChI=1S/C15H20N2OS/c18-15(8-7-12-4-3-11-19-12)17-10-2-6-14(17)13-5-1-9-16-13/h3-4,7-8,11,13-14,16H,1-2,5-6,9-10H2. The average Bonchev–Trinajstić information content (AvgIpc) is 3.14. The van der Waals surface area contributed by atoms with Crippen molar-refractivity contribution in [3.63, 3.8) is 0 Å². The zero-order chi connectivity index (χ0) is 13.1. The molecule has 0 aromatic carbocycles. The van der Waals surface area contributed by atoms with E-state index in [1.54, 1.807) is 17.4 Å². The molecule has 1 N–H and O–H groups in total. The molecule has 2 aliphatic rings. The Kier molecular flexibility index (Phi) is 3.99. The Morgan fingerprint density at radius 2 is 2.37 bits per heavy atom. The van der Waals surface area contributed by atoms with Crippen molar-refractivity contribution in [3.05, 3.63) is 28.5 Å². The summed E-state index contributed by atoms with van der Waals surface area (Å²) in [5, 5.41) is 5.57. The summed E-state index contributed by atoms with van der Waals surface area (Å²) in [5.74, 6) is 0.171. The lowest BCUT2D eigenvalue weighted by molar-refractivity contribution is -0.127. The average molecular weight is 276 g/mol. The molecule has 1 amide bonds. The first-order chi connectivity index (χ1) is 9.34. The van der Waals surface area contributed by atoms with Crippen LogP contribution in [0.3, 0.4) is 0 Å². The van der Waals surface area contributed by atoms with Gasteiger partial charge in [0.25, 0.3) is 0 Å². The molecule has 3 rings (SSSR count). The number of nitrogens with one attached hydrogen (secondary N) is 1. The van der Waals surface area contributed by atoms with Crippen molar-refractivity contribution < 1.29 is 4.79 Å². The fourth-order valence-corrected chi connectivity index (χ4v) is 3.78. The normalized spacial score (nSPS) is 27.5. The van der Waals surface area contributed by atoms with E-state index in [1.165, 1.54) is 12.8 Å². The van der Waals surface area contributed by atoms with Crippen LogP contribution >= 0.6 is 11.3 Å². The molecular formula is C15H20N2OS. The molecule has 0 spiro atoms. The Morgan fingerprint density at radius 1 is 1.42 bits per heavy atom. The van der Waals surface area contributed by atoms with Gasteiger partial charge in [-0.3, -0.25) is 4.79 Å². The number of rotatable bonds is 3. The molecule has 2 aliphatic heterocycles. The highest BCUT2D eigenvalue weighted by Gasteiger charge is 2.34. The molecule has 2 atom stereocenters. The predicted octanol–water partition coefficient (Wildman–Crippen LogP) is 2.50. The van der Waals surface area contributed by atoms with Crippen molar-refractivity contribution in [1.82, 2.24) is 10.2 Å². The lowest BCUT2D eigenvalue weighted by Crippen LogP contribution is -2.46. The van der Waals surface area contributed by atoms with Gasteiger partial charge in [-0.1, -0.05) is 6.07 Å². The molecule has 102 valence electrons. The molecule has 2 fully saturated rings. The van der Waals surface area contributed by atoms with E-state index >= 15 is 0 Å². The summed E-state index contributed by atoms with van der Waals surface area (Å²) >= 11 is 1.66. The van der Waals surface area contributed by atoms with Crippen LogP contribution in [0, 0.1) is 0 Å². The zero-order valence-electron chi connectivity index (χ0n) is 11.0. The molecule has 0 aliphatic carbocycles. The molecule has 2 unspecified atom stereocenters. The zero-order valence-corrected chi connectivity index (χ0v) is 11.9. The Balaban J connectivity index is 1.65. The first-order valence-corrected chi connectivity index (χ1v) is 7.98. The van der Waals surface area contributed by atoms with E-state index in [-0.39, 0.29) is 5.91 Å². The molecule has 2 saturated heterocycles. The van der Waals surface area contributed by atoms with E-state index in [4.69, 9.17) is 0 Å². The first kappa shape index (κ1) is 12.9. The SMILES string of the molecule is O=C(C=Cc1cccs1)N1CCCC1C1CCCN1. The maximum atomic E-state index is 12.3. The van der Waals surface area contributed by atoms with Crippen LogP contribution in [0.2, 0.25) is 0 Å². The summed E-state index contributed by atoms with van der Waals surface area (Å²) in [5.41, 5.74) is 0. The Morgan fingerprint density at radius 3 is 3.11 bits per heavy atom. The van der Waals surface area contributed by atoms with Gasteiger partial charge >= 0.3 is 0 Å². The molecule has 1 aromatic heterocycles. The Hall–Kier alpha value is -1.13. The van der Waals surface area contributed by atoms with Gasteiger partial charge in [-0.25, -0.2) is 0 Å². The van der Waals surface area contributed by atoms with Crippen LogP contribution in [-0.4, -0.2) is 36.0 Å². The largest absolute Gasteiger partial charge is 0.335 e. The summed E-state index contributed by atoms with van der Waals surface area (Å²) in [6.07, 6.45) is 8.42. The quantitative estimate of drug-likeness (QED) is 0.860. The number of hydrogen-bond donors (Lipinski definition) is 1. The Bertz CT molecular complexity index is 449. The highest BCUT2D eigenvalue weighted by atomic mass is 32.1. The van der Waals surface area contributed by atoms with Crippen LogP contribution in [0.1, 0.15) is 30.6 Å². The fraction of sp³-hybridized carbons (Fsp3) is 0.533. The fourth-order valence-electron chi connectivity index (χ4n) is 3.16. The minimum absolute atomic E-state index is 0.171. The summed E-state index contributed by atoms with van der Waals surface area (Å²) in [7, 11) is 0. The lowest BCUT2D eigenvalue weighted by atomic mass is 10.0. The summed E-state index contributed by atoms with van der Waals surface area (Å²) < 4.78 is 0. The van der Waals surface area contributed by atoms with Gasteiger partial charge < -0.3 is 10.2 Å². The monoisotopic (exact) mass is 276 g/mol. The molecule has 0 saturated carbocycles. The van der Waals surface area contributed by atoms with Crippen LogP contribution < -0.4 is 5.32 Å². The molecule has 3 nitrogen and oxygen atoms in total. The number of carbonyl (C=O) groups is 1. The van der Waals surface area contributed by atoms with Crippen LogP contribution in [-0.2, 0) is 4.79 Å². The number of likely N-dealkylation sites (tertiary alicyclic amines) is 1. The number of carbonyl (C=O) groups excluding carboxylic acids is 1. The molecule has 19 heavy (non-hydrogen) atoms. The molecule has 0 bridgehead atoms. The first-order valence-electron chi connectivity index (χ1n) is 7.10. The van der Waals surface area contributed by atoms with Gasteiger partial charge in [0.2, 0.25) is 5.91 Å². The second kappa shape index (κ2) is 5.88. The molecule has 3 heterocycles. The van der Waals surface area contributed by atoms with Crippen molar-refractivity contribution in [1.29, 1.82) is 0 Å². The van der Waals surface area contributed by atoms with E-state index < -0.39 is 0 Å². The third kappa shape index (κ3) is 2.90. The van der Waals surface area contributed by atoms with Crippen LogP contribution in [0.5, 0.6) is 0 Å². The second-order valence-electron chi connectivity index (χ2n) is 5.29. The number of thiophene rings is 1. The van der Waals surface area contributed by atoms with Gasteiger partial charge in [0.05, 0.1) is 0 Å². The maximum absolute atomic E-state index is 12.3. The third-order valence-corrected chi connectivity index (χ3v) is 4.92. The highest BCUT2D eigenvalue weighted by Crippen LogP contribution is 2.25. The van der Waals surface area contributed by atoms with Gasteiger partial charge in [-0.05, 0) is 49.8 Å². The van der Waals surface area contributed by atoms with Gasteiger partial charge in [-0.2, -0.15) is 0 Å². The van der Waals surface area contributed by atoms with E-state index in [0.717, 1.165) is 30.8 Å². The van der Waals surface area contributed by atoms with Gasteiger partial charge in [0.15, 0.2) is 0 Å². The predicted molar refractivity (Wildman–Crippen MR) is 79.1 cm³/mol. The maximum Gasteiger partial charge on any atom is 0.246 e. The van der Waals surface area contributed by atoms with Crippen LogP contribution in [0.4, 0.5) is 0 Å². The highest BCUT2D eigenvalue weighted by molar-refractivity contribution is 7.10. The van der Waals surface area contributed by atoms with E-state index in [9.17, 15) is 4.79 Å². The second-order valence-corrected chi connectivity index (χ2v) is 6.27. The van der Waals surface area contributed by atoms with Crippen LogP contribution in [0.15, 0.2) is 23.6 Å². The van der Waals surface area contributed by atoms with Crippen molar-refractivity contribution in [2.75, 3.05) is 13.1 Å². The van der Waals surface area contributed by atoms with Crippen molar-refractivity contribution in [3.8, 4) is 0 Å². The van der Waals surface area contributed by atoms with Gasteiger partial charge in [0, 0.05) is 29.6 Å². The van der Waals surface area contributed by atoms with E-state index in [1.807, 2.05) is 23.6 Å². The number of amides is 1. The minimum Gasteiger partial charge on any atom is -0.335 e. The van der Waals surface area contributed by atoms with E-state index in [2.05, 4.69) is 10.2 Å². The molecular weight excluding hydrogens is 256 g/mol. The summed E-state index contributed by atoms with van der Waals surface area (Å²) in [6.45, 7) is 2.02. The van der Waals surface area contributed by atoms with Gasteiger partial charge in [-0.15, -0.1) is 11.3 Å². The van der Waals surface area contributed by atoms with Gasteiger partial charge in [0.1, 0.15) is 0 Å². The number of hydrogen-bond acceptors (Lipinski definition) is 3. The minimum atomic E-state index is 0.171. The summed E-state index contributed by atoms with van der Waals surface area (Å²) in [6, 6.07) is 4.97. The van der Waals surface area contributed by atoms with Crippen molar-refractivity contribution in [2.45, 2.75) is 37.8 Å². The third-order valence-electron chi connectivity index (χ3n) is 4.08.